The van der Waals surface area contributed by atoms with Crippen LogP contribution in [0.15, 0.2) is 24.3 Å². The van der Waals surface area contributed by atoms with E-state index in [0.717, 1.165) is 43.0 Å². The Morgan fingerprint density at radius 3 is 2.56 bits per heavy atom. The number of aromatic nitrogens is 1. The van der Waals surface area contributed by atoms with Crippen LogP contribution in [0.4, 0.5) is 0 Å². The fourth-order valence-corrected chi connectivity index (χ4v) is 6.90. The molecule has 5 rings (SSSR count). The Morgan fingerprint density at radius 1 is 1.18 bits per heavy atom. The number of hydrogen-bond acceptors (Lipinski definition) is 5. The number of amides is 3. The van der Waals surface area contributed by atoms with Gasteiger partial charge in [0.25, 0.3) is 5.91 Å². The van der Waals surface area contributed by atoms with Crippen molar-refractivity contribution in [2.75, 3.05) is 13.7 Å². The summed E-state index contributed by atoms with van der Waals surface area (Å²) < 4.78 is 5.44. The smallest absolute Gasteiger partial charge is 0.326 e. The number of nitrogens with zero attached hydrogens (tertiary/aromatic N) is 1. The number of nitrogens with one attached hydrogen (secondary N) is 3. The molecule has 10 heteroatoms. The van der Waals surface area contributed by atoms with E-state index in [1.807, 2.05) is 32.0 Å². The highest BCUT2D eigenvalue weighted by Gasteiger charge is 2.50. The van der Waals surface area contributed by atoms with Gasteiger partial charge in [0.05, 0.1) is 7.11 Å². The number of ether oxygens (including phenoxy) is 1. The Kier molecular flexibility index (Phi) is 7.07. The molecule has 210 valence electrons. The quantitative estimate of drug-likeness (QED) is 0.427. The second-order valence-corrected chi connectivity index (χ2v) is 12.2. The molecule has 1 saturated carbocycles. The van der Waals surface area contributed by atoms with Crippen LogP contribution in [0.1, 0.15) is 75.7 Å². The van der Waals surface area contributed by atoms with Crippen molar-refractivity contribution >= 4 is 34.6 Å². The van der Waals surface area contributed by atoms with E-state index in [1.54, 1.807) is 18.1 Å². The molecule has 2 aliphatic heterocycles. The van der Waals surface area contributed by atoms with E-state index in [2.05, 4.69) is 15.6 Å². The zero-order chi connectivity index (χ0) is 27.9. The molecule has 10 nitrogen and oxygen atoms in total. The molecule has 3 aliphatic rings. The number of carbonyl (C=O) groups is 4. The van der Waals surface area contributed by atoms with Gasteiger partial charge in [-0.15, -0.1) is 0 Å². The number of carboxylic acid groups (broad SMARTS) is 1. The summed E-state index contributed by atoms with van der Waals surface area (Å²) in [7, 11) is 1.58. The van der Waals surface area contributed by atoms with E-state index in [9.17, 15) is 24.3 Å². The molecule has 1 spiro atoms. The minimum Gasteiger partial charge on any atom is -0.496 e. The summed E-state index contributed by atoms with van der Waals surface area (Å²) in [6, 6.07) is 5.26. The number of fused-ring (bicyclic) bond motifs is 1. The lowest BCUT2D eigenvalue weighted by Crippen LogP contribution is -2.51. The molecular formula is C29H38N4O6. The minimum absolute atomic E-state index is 0.00393. The summed E-state index contributed by atoms with van der Waals surface area (Å²) in [4.78, 5) is 56.9. The molecule has 0 bridgehead atoms. The lowest BCUT2D eigenvalue weighted by atomic mass is 9.72. The monoisotopic (exact) mass is 538 g/mol. The van der Waals surface area contributed by atoms with Crippen molar-refractivity contribution in [1.29, 1.82) is 0 Å². The molecule has 1 aromatic carbocycles. The normalized spacial score (nSPS) is 24.5. The standard InChI is InChI=1S/C29H38N4O6/c1-28(2)14-17(24(34)32-28)12-21(27(37)38)31-25(35)22-15-29(10-5-4-6-11-29)16-33(22)26(36)20-13-18-19(30-20)8-7-9-23(18)39-3/h7-9,13,17,21-22,30H,4-6,10-12,14-16H2,1-3H3,(H,31,35)(H,32,34)(H,37,38)/t17-,21?,22+/m1/s1. The van der Waals surface area contributed by atoms with Gasteiger partial charge in [-0.1, -0.05) is 25.3 Å². The first-order chi connectivity index (χ1) is 18.5. The fraction of sp³-hybridized carbons (Fsp3) is 0.586. The lowest BCUT2D eigenvalue weighted by Gasteiger charge is -2.32. The molecular weight excluding hydrogens is 500 g/mol. The van der Waals surface area contributed by atoms with Gasteiger partial charge in [-0.05, 0) is 69.6 Å². The molecule has 0 radical (unpaired) electrons. The van der Waals surface area contributed by atoms with E-state index in [4.69, 9.17) is 4.74 Å². The van der Waals surface area contributed by atoms with E-state index >= 15 is 0 Å². The SMILES string of the molecule is COc1cccc2[nH]c(C(=O)N3CC4(CCCCC4)C[C@H]3C(=O)NC(C[C@@H]3CC(C)(C)NC3=O)C(=O)O)cc12. The fourth-order valence-electron chi connectivity index (χ4n) is 6.90. The van der Waals surface area contributed by atoms with Gasteiger partial charge in [0.2, 0.25) is 11.8 Å². The van der Waals surface area contributed by atoms with Crippen LogP contribution in [0.3, 0.4) is 0 Å². The van der Waals surface area contributed by atoms with Crippen LogP contribution in [-0.2, 0) is 14.4 Å². The van der Waals surface area contributed by atoms with Gasteiger partial charge >= 0.3 is 5.97 Å². The lowest BCUT2D eigenvalue weighted by molar-refractivity contribution is -0.143. The second kappa shape index (κ2) is 10.2. The zero-order valence-corrected chi connectivity index (χ0v) is 22.8. The third-order valence-corrected chi connectivity index (χ3v) is 8.78. The van der Waals surface area contributed by atoms with Crippen LogP contribution in [0, 0.1) is 11.3 Å². The molecule has 3 fully saturated rings. The molecule has 1 aliphatic carbocycles. The van der Waals surface area contributed by atoms with Gasteiger partial charge in [0.15, 0.2) is 0 Å². The molecule has 3 heterocycles. The maximum Gasteiger partial charge on any atom is 0.326 e. The molecule has 2 aromatic rings. The van der Waals surface area contributed by atoms with Crippen LogP contribution in [-0.4, -0.2) is 70.0 Å². The number of aromatic amines is 1. The molecule has 4 N–H and O–H groups in total. The summed E-state index contributed by atoms with van der Waals surface area (Å²) >= 11 is 0. The first-order valence-corrected chi connectivity index (χ1v) is 13.8. The third kappa shape index (κ3) is 5.33. The first-order valence-electron chi connectivity index (χ1n) is 13.8. The van der Waals surface area contributed by atoms with Gasteiger partial charge < -0.3 is 30.4 Å². The van der Waals surface area contributed by atoms with Crippen LogP contribution in [0.25, 0.3) is 10.9 Å². The van der Waals surface area contributed by atoms with E-state index in [1.165, 1.54) is 0 Å². The highest BCUT2D eigenvalue weighted by Crippen LogP contribution is 2.47. The summed E-state index contributed by atoms with van der Waals surface area (Å²) in [5, 5.41) is 16.3. The van der Waals surface area contributed by atoms with Crippen molar-refractivity contribution in [3.05, 3.63) is 30.0 Å². The van der Waals surface area contributed by atoms with Gasteiger partial charge in [0, 0.05) is 28.9 Å². The summed E-state index contributed by atoms with van der Waals surface area (Å²) in [5.41, 5.74) is 0.543. The van der Waals surface area contributed by atoms with Crippen molar-refractivity contribution in [3.8, 4) is 5.75 Å². The second-order valence-electron chi connectivity index (χ2n) is 12.2. The average Bonchev–Trinajstić information content (AvgIpc) is 3.56. The van der Waals surface area contributed by atoms with Gasteiger partial charge in [-0.25, -0.2) is 4.79 Å². The maximum absolute atomic E-state index is 13.9. The van der Waals surface area contributed by atoms with Crippen LogP contribution < -0.4 is 15.4 Å². The van der Waals surface area contributed by atoms with Gasteiger partial charge in [-0.3, -0.25) is 14.4 Å². The van der Waals surface area contributed by atoms with Gasteiger partial charge in [0.1, 0.15) is 23.5 Å². The van der Waals surface area contributed by atoms with Crippen molar-refractivity contribution < 1.29 is 29.0 Å². The van der Waals surface area contributed by atoms with E-state index < -0.39 is 35.4 Å². The number of benzene rings is 1. The predicted molar refractivity (Wildman–Crippen MR) is 144 cm³/mol. The maximum atomic E-state index is 13.9. The predicted octanol–water partition coefficient (Wildman–Crippen LogP) is 3.22. The van der Waals surface area contributed by atoms with Gasteiger partial charge in [-0.2, -0.15) is 0 Å². The van der Waals surface area contributed by atoms with Crippen molar-refractivity contribution in [1.82, 2.24) is 20.5 Å². The van der Waals surface area contributed by atoms with E-state index in [0.29, 0.717) is 30.8 Å². The Morgan fingerprint density at radius 2 is 1.92 bits per heavy atom. The molecule has 39 heavy (non-hydrogen) atoms. The Labute approximate surface area is 227 Å². The number of H-pyrrole nitrogens is 1. The topological polar surface area (TPSA) is 141 Å². The number of likely N-dealkylation sites (tertiary alicyclic amines) is 1. The number of carboxylic acids is 1. The number of methoxy groups -OCH3 is 1. The summed E-state index contributed by atoms with van der Waals surface area (Å²) in [5.74, 6) is -2.02. The number of aliphatic carboxylic acids is 1. The number of rotatable bonds is 7. The Bertz CT molecular complexity index is 1290. The highest BCUT2D eigenvalue weighted by molar-refractivity contribution is 6.02. The Balaban J connectivity index is 1.39. The highest BCUT2D eigenvalue weighted by atomic mass is 16.5. The van der Waals surface area contributed by atoms with Crippen LogP contribution >= 0.6 is 0 Å². The molecule has 1 unspecified atom stereocenters. The zero-order valence-electron chi connectivity index (χ0n) is 22.8. The summed E-state index contributed by atoms with van der Waals surface area (Å²) in [6.07, 6.45) is 6.08. The largest absolute Gasteiger partial charge is 0.496 e. The van der Waals surface area contributed by atoms with Crippen LogP contribution in [0.5, 0.6) is 5.75 Å². The summed E-state index contributed by atoms with van der Waals surface area (Å²) in [6.45, 7) is 4.24. The first kappa shape index (κ1) is 27.0. The molecule has 3 atom stereocenters. The Hall–Kier alpha value is -3.56. The number of hydrogen-bond donors (Lipinski definition) is 4. The third-order valence-electron chi connectivity index (χ3n) is 8.78. The molecule has 1 aromatic heterocycles. The average molecular weight is 539 g/mol. The van der Waals surface area contributed by atoms with Crippen molar-refractivity contribution in [3.63, 3.8) is 0 Å². The number of carbonyl (C=O) groups excluding carboxylic acids is 3. The van der Waals surface area contributed by atoms with Crippen molar-refractivity contribution in [2.24, 2.45) is 11.3 Å². The minimum atomic E-state index is -1.22. The van der Waals surface area contributed by atoms with Crippen molar-refractivity contribution in [2.45, 2.75) is 82.8 Å². The van der Waals surface area contributed by atoms with Crippen LogP contribution in [0.2, 0.25) is 0 Å². The molecule has 2 saturated heterocycles. The molecule has 3 amide bonds. The van der Waals surface area contributed by atoms with E-state index in [-0.39, 0.29) is 23.7 Å².